The van der Waals surface area contributed by atoms with E-state index in [1.807, 2.05) is 0 Å². The van der Waals surface area contributed by atoms with Gasteiger partial charge in [0, 0.05) is 25.7 Å². The first-order valence-corrected chi connectivity index (χ1v) is 10.3. The summed E-state index contributed by atoms with van der Waals surface area (Å²) in [5, 5.41) is 0.130. The minimum Gasteiger partial charge on any atom is -0.374 e. The molecule has 4 nitrogen and oxygen atoms in total. The second kappa shape index (κ2) is 9.44. The van der Waals surface area contributed by atoms with Crippen LogP contribution in [0.25, 0.3) is 10.9 Å². The van der Waals surface area contributed by atoms with E-state index in [1.54, 1.807) is 43.3 Å². The molecule has 0 aliphatic heterocycles. The highest BCUT2D eigenvalue weighted by Gasteiger charge is 2.31. The van der Waals surface area contributed by atoms with E-state index < -0.39 is 36.8 Å². The average molecular weight is 471 g/mol. The molecule has 178 valence electrons. The molecule has 1 aromatic heterocycles. The van der Waals surface area contributed by atoms with Crippen molar-refractivity contribution in [3.8, 4) is 0 Å². The lowest BCUT2D eigenvalue weighted by molar-refractivity contribution is -0.136. The summed E-state index contributed by atoms with van der Waals surface area (Å²) >= 11 is 0. The molecule has 3 aromatic rings. The number of aromatic nitrogens is 2. The molecule has 1 atom stereocenters. The summed E-state index contributed by atoms with van der Waals surface area (Å²) in [4.78, 5) is 19.2. The predicted octanol–water partition coefficient (Wildman–Crippen LogP) is 6.03. The second-order valence-corrected chi connectivity index (χ2v) is 7.90. The molecular formula is C23H23F6N3O. The van der Waals surface area contributed by atoms with Gasteiger partial charge in [-0.15, -0.1) is 0 Å². The van der Waals surface area contributed by atoms with E-state index >= 15 is 0 Å². The highest BCUT2D eigenvalue weighted by molar-refractivity contribution is 5.82. The fraction of sp³-hybridized carbons (Fsp3) is 0.391. The monoisotopic (exact) mass is 471 g/mol. The van der Waals surface area contributed by atoms with E-state index in [9.17, 15) is 31.1 Å². The van der Waals surface area contributed by atoms with Crippen LogP contribution in [0.4, 0.5) is 32.0 Å². The Kier molecular flexibility index (Phi) is 7.04. The van der Waals surface area contributed by atoms with Crippen LogP contribution in [0.2, 0.25) is 0 Å². The van der Waals surface area contributed by atoms with E-state index in [2.05, 4.69) is 4.98 Å². The molecule has 1 unspecified atom stereocenters. The predicted molar refractivity (Wildman–Crippen MR) is 115 cm³/mol. The number of nitrogens with zero attached hydrogens (tertiary/aromatic N) is 3. The molecule has 2 aromatic carbocycles. The first kappa shape index (κ1) is 24.6. The highest BCUT2D eigenvalue weighted by atomic mass is 19.4. The number of benzene rings is 2. The Labute approximate surface area is 186 Å². The van der Waals surface area contributed by atoms with Crippen LogP contribution in [0.3, 0.4) is 0 Å². The van der Waals surface area contributed by atoms with Crippen molar-refractivity contribution in [3.05, 3.63) is 70.3 Å². The standard InChI is InChI=1S/C23H23F6N3O/c1-15-30-19-9-8-17(31(2)13-12-23(27,28)29)14-18(19)21(33)32(15)20(10-11-22(24,25)26)16-6-4-3-5-7-16/h3-9,14,20H,10-13H2,1-2H3. The van der Waals surface area contributed by atoms with Gasteiger partial charge in [0.25, 0.3) is 5.56 Å². The molecule has 0 amide bonds. The second-order valence-electron chi connectivity index (χ2n) is 7.90. The lowest BCUT2D eigenvalue weighted by atomic mass is 10.0. The first-order chi connectivity index (χ1) is 15.4. The topological polar surface area (TPSA) is 38.1 Å². The van der Waals surface area contributed by atoms with E-state index in [0.717, 1.165) is 0 Å². The number of aryl methyl sites for hydroxylation is 1. The van der Waals surface area contributed by atoms with Crippen LogP contribution in [0.5, 0.6) is 0 Å². The van der Waals surface area contributed by atoms with Crippen molar-refractivity contribution >= 4 is 16.6 Å². The number of halogens is 6. The Hall–Kier alpha value is -3.04. The smallest absolute Gasteiger partial charge is 0.374 e. The zero-order chi connectivity index (χ0) is 24.4. The summed E-state index contributed by atoms with van der Waals surface area (Å²) in [5.41, 5.74) is 0.697. The van der Waals surface area contributed by atoms with Gasteiger partial charge in [-0.25, -0.2) is 4.98 Å². The van der Waals surface area contributed by atoms with Gasteiger partial charge in [-0.2, -0.15) is 26.3 Å². The zero-order valence-corrected chi connectivity index (χ0v) is 18.0. The number of fused-ring (bicyclic) bond motifs is 1. The van der Waals surface area contributed by atoms with Crippen LogP contribution in [-0.2, 0) is 0 Å². The summed E-state index contributed by atoms with van der Waals surface area (Å²) < 4.78 is 78.0. The molecule has 10 heteroatoms. The van der Waals surface area contributed by atoms with Gasteiger partial charge in [0.05, 0.1) is 23.4 Å². The Morgan fingerprint density at radius 2 is 1.61 bits per heavy atom. The number of hydrogen-bond acceptors (Lipinski definition) is 3. The van der Waals surface area contributed by atoms with Gasteiger partial charge in [0.15, 0.2) is 0 Å². The van der Waals surface area contributed by atoms with Crippen molar-refractivity contribution in [2.24, 2.45) is 0 Å². The van der Waals surface area contributed by atoms with Gasteiger partial charge >= 0.3 is 12.4 Å². The van der Waals surface area contributed by atoms with E-state index in [4.69, 9.17) is 0 Å². The highest BCUT2D eigenvalue weighted by Crippen LogP contribution is 2.31. The van der Waals surface area contributed by atoms with Gasteiger partial charge in [-0.1, -0.05) is 30.3 Å². The average Bonchev–Trinajstić information content (AvgIpc) is 2.73. The van der Waals surface area contributed by atoms with Gasteiger partial charge in [-0.05, 0) is 37.1 Å². The lowest BCUT2D eigenvalue weighted by Crippen LogP contribution is -2.30. The molecule has 0 spiro atoms. The fourth-order valence-electron chi connectivity index (χ4n) is 3.75. The minimum absolute atomic E-state index is 0.130. The van der Waals surface area contributed by atoms with Crippen LogP contribution >= 0.6 is 0 Å². The number of hydrogen-bond donors (Lipinski definition) is 0. The summed E-state index contributed by atoms with van der Waals surface area (Å²) in [7, 11) is 1.48. The van der Waals surface area contributed by atoms with Crippen LogP contribution in [-0.4, -0.2) is 35.5 Å². The van der Waals surface area contributed by atoms with Crippen molar-refractivity contribution in [3.63, 3.8) is 0 Å². The van der Waals surface area contributed by atoms with Crippen LogP contribution in [0.15, 0.2) is 53.3 Å². The molecule has 3 rings (SSSR count). The van der Waals surface area contributed by atoms with Crippen molar-refractivity contribution < 1.29 is 26.3 Å². The van der Waals surface area contributed by atoms with E-state index in [0.29, 0.717) is 16.8 Å². The summed E-state index contributed by atoms with van der Waals surface area (Å²) in [6, 6.07) is 12.0. The Morgan fingerprint density at radius 3 is 2.21 bits per heavy atom. The minimum atomic E-state index is -4.40. The third-order valence-corrected chi connectivity index (χ3v) is 5.43. The molecule has 0 saturated heterocycles. The van der Waals surface area contributed by atoms with Crippen LogP contribution < -0.4 is 10.5 Å². The first-order valence-electron chi connectivity index (χ1n) is 10.3. The number of anilines is 1. The van der Waals surface area contributed by atoms with Crippen LogP contribution in [0, 0.1) is 6.92 Å². The molecule has 0 aliphatic rings. The molecule has 33 heavy (non-hydrogen) atoms. The maximum atomic E-state index is 13.4. The van der Waals surface area contributed by atoms with E-state index in [1.165, 1.54) is 28.6 Å². The van der Waals surface area contributed by atoms with Crippen LogP contribution in [0.1, 0.15) is 36.7 Å². The Balaban J connectivity index is 2.07. The molecule has 0 fully saturated rings. The van der Waals surface area contributed by atoms with E-state index in [-0.39, 0.29) is 24.2 Å². The van der Waals surface area contributed by atoms with Gasteiger partial charge in [0.1, 0.15) is 5.82 Å². The molecule has 0 N–H and O–H groups in total. The summed E-state index contributed by atoms with van der Waals surface area (Å²) in [6.45, 7) is 1.24. The quantitative estimate of drug-likeness (QED) is 0.395. The normalized spacial score (nSPS) is 13.3. The maximum absolute atomic E-state index is 13.4. The Morgan fingerprint density at radius 1 is 0.970 bits per heavy atom. The van der Waals surface area contributed by atoms with Crippen molar-refractivity contribution in [1.29, 1.82) is 0 Å². The van der Waals surface area contributed by atoms with Crippen molar-refractivity contribution in [1.82, 2.24) is 9.55 Å². The van der Waals surface area contributed by atoms with Gasteiger partial charge in [0.2, 0.25) is 0 Å². The van der Waals surface area contributed by atoms with Gasteiger partial charge < -0.3 is 4.90 Å². The molecule has 0 radical (unpaired) electrons. The molecule has 1 heterocycles. The summed E-state index contributed by atoms with van der Waals surface area (Å²) in [5.74, 6) is 0.252. The van der Waals surface area contributed by atoms with Crippen molar-refractivity contribution in [2.75, 3.05) is 18.5 Å². The third kappa shape index (κ3) is 6.27. The fourth-order valence-corrected chi connectivity index (χ4v) is 3.75. The molecular weight excluding hydrogens is 448 g/mol. The number of alkyl halides is 6. The summed E-state index contributed by atoms with van der Waals surface area (Å²) in [6.07, 6.45) is -11.2. The SMILES string of the molecule is Cc1nc2ccc(N(C)CCC(F)(F)F)cc2c(=O)n1C(CCC(F)(F)F)c1ccccc1. The maximum Gasteiger partial charge on any atom is 0.390 e. The van der Waals surface area contributed by atoms with Crippen molar-refractivity contribution in [2.45, 2.75) is 44.6 Å². The van der Waals surface area contributed by atoms with Gasteiger partial charge in [-0.3, -0.25) is 9.36 Å². The molecule has 0 bridgehead atoms. The zero-order valence-electron chi connectivity index (χ0n) is 18.0. The molecule has 0 aliphatic carbocycles. The number of rotatable bonds is 7. The Bertz CT molecular complexity index is 1160. The molecule has 0 saturated carbocycles. The largest absolute Gasteiger partial charge is 0.390 e. The lowest BCUT2D eigenvalue weighted by Gasteiger charge is -2.24. The third-order valence-electron chi connectivity index (χ3n) is 5.43.